The molecule has 0 saturated carbocycles. The fourth-order valence-electron chi connectivity index (χ4n) is 5.08. The number of aryl methyl sites for hydroxylation is 1. The molecule has 0 spiro atoms. The molecular weight excluding hydrogens is 404 g/mol. The van der Waals surface area contributed by atoms with E-state index in [-0.39, 0.29) is 17.7 Å². The molecule has 3 amide bonds. The maximum Gasteiger partial charge on any atom is 0.328 e. The Balaban J connectivity index is 1.62. The molecule has 2 N–H and O–H groups in total. The number of H-pyrrole nitrogens is 1. The smallest absolute Gasteiger partial charge is 0.328 e. The average molecular weight is 433 g/mol. The van der Waals surface area contributed by atoms with Gasteiger partial charge in [0.2, 0.25) is 0 Å². The Kier molecular flexibility index (Phi) is 4.93. The van der Waals surface area contributed by atoms with E-state index in [1.165, 1.54) is 4.90 Å². The van der Waals surface area contributed by atoms with Gasteiger partial charge < -0.3 is 15.0 Å². The Bertz CT molecular complexity index is 1220. The van der Waals surface area contributed by atoms with E-state index in [0.29, 0.717) is 13.0 Å². The number of nitrogens with zero attached hydrogens (tertiary/aromatic N) is 3. The van der Waals surface area contributed by atoms with E-state index in [2.05, 4.69) is 24.0 Å². The van der Waals surface area contributed by atoms with Gasteiger partial charge in [-0.3, -0.25) is 14.6 Å². The number of imide groups is 1. The van der Waals surface area contributed by atoms with Crippen LogP contribution in [0.3, 0.4) is 0 Å². The summed E-state index contributed by atoms with van der Waals surface area (Å²) in [6.07, 6.45) is 1.22. The van der Waals surface area contributed by atoms with E-state index < -0.39 is 12.1 Å². The molecule has 2 aromatic carbocycles. The summed E-state index contributed by atoms with van der Waals surface area (Å²) in [4.78, 5) is 35.6. The van der Waals surface area contributed by atoms with Gasteiger partial charge in [-0.25, -0.2) is 4.79 Å². The lowest BCUT2D eigenvalue weighted by atomic mass is 9.88. The van der Waals surface area contributed by atoms with Crippen molar-refractivity contribution in [1.82, 2.24) is 19.7 Å². The SMILES string of the molecule is Cc1ccc2[nH]c3c(c2c1)CC1C(=O)N(CCCN(C)C)C(=O)N1C3c1cccc(O)c1. The highest BCUT2D eigenvalue weighted by molar-refractivity contribution is 6.05. The Labute approximate surface area is 187 Å². The predicted molar refractivity (Wildman–Crippen MR) is 123 cm³/mol. The summed E-state index contributed by atoms with van der Waals surface area (Å²) in [5.74, 6) is 0.00510. The van der Waals surface area contributed by atoms with Crippen molar-refractivity contribution in [3.63, 3.8) is 0 Å². The quantitative estimate of drug-likeness (QED) is 0.606. The highest BCUT2D eigenvalue weighted by atomic mass is 16.3. The minimum atomic E-state index is -0.541. The minimum Gasteiger partial charge on any atom is -0.508 e. The topological polar surface area (TPSA) is 79.9 Å². The number of fused-ring (bicyclic) bond motifs is 4. The van der Waals surface area contributed by atoms with Crippen LogP contribution in [0.2, 0.25) is 0 Å². The van der Waals surface area contributed by atoms with Gasteiger partial charge in [0.25, 0.3) is 5.91 Å². The van der Waals surface area contributed by atoms with Gasteiger partial charge >= 0.3 is 6.03 Å². The molecule has 1 saturated heterocycles. The first-order valence-electron chi connectivity index (χ1n) is 11.0. The average Bonchev–Trinajstić information content (AvgIpc) is 3.22. The van der Waals surface area contributed by atoms with Crippen LogP contribution < -0.4 is 0 Å². The van der Waals surface area contributed by atoms with Crippen molar-refractivity contribution in [2.24, 2.45) is 0 Å². The zero-order chi connectivity index (χ0) is 22.6. The van der Waals surface area contributed by atoms with Crippen LogP contribution in [-0.4, -0.2) is 70.0 Å². The lowest BCUT2D eigenvalue weighted by molar-refractivity contribution is -0.128. The molecule has 7 heteroatoms. The number of amides is 3. The van der Waals surface area contributed by atoms with Crippen molar-refractivity contribution in [3.8, 4) is 5.75 Å². The maximum atomic E-state index is 13.5. The molecule has 7 nitrogen and oxygen atoms in total. The molecule has 166 valence electrons. The van der Waals surface area contributed by atoms with Gasteiger partial charge in [-0.2, -0.15) is 0 Å². The molecule has 32 heavy (non-hydrogen) atoms. The summed E-state index contributed by atoms with van der Waals surface area (Å²) in [6, 6.07) is 12.0. The summed E-state index contributed by atoms with van der Waals surface area (Å²) in [7, 11) is 3.96. The molecule has 3 heterocycles. The number of carbonyl (C=O) groups is 2. The van der Waals surface area contributed by atoms with Crippen LogP contribution in [0, 0.1) is 6.92 Å². The second-order valence-corrected chi connectivity index (χ2v) is 9.12. The van der Waals surface area contributed by atoms with Crippen molar-refractivity contribution >= 4 is 22.8 Å². The van der Waals surface area contributed by atoms with Gasteiger partial charge in [0.1, 0.15) is 17.8 Å². The Hall–Kier alpha value is -3.32. The lowest BCUT2D eigenvalue weighted by Crippen LogP contribution is -2.44. The minimum absolute atomic E-state index is 0.133. The number of phenols is 1. The standard InChI is InChI=1S/C25H28N4O3/c1-15-8-9-20-18(12-15)19-14-21-24(31)28(11-5-10-27(2)3)25(32)29(21)23(22(19)26-20)16-6-4-7-17(30)13-16/h4,6-9,12-13,21,23,26,30H,5,10-11,14H2,1-3H3. The first kappa shape index (κ1) is 20.6. The maximum absolute atomic E-state index is 13.5. The lowest BCUT2D eigenvalue weighted by Gasteiger charge is -2.36. The third kappa shape index (κ3) is 3.24. The Morgan fingerprint density at radius 2 is 1.97 bits per heavy atom. The van der Waals surface area contributed by atoms with Crippen molar-refractivity contribution in [2.45, 2.75) is 31.8 Å². The van der Waals surface area contributed by atoms with Crippen molar-refractivity contribution < 1.29 is 14.7 Å². The number of benzene rings is 2. The van der Waals surface area contributed by atoms with E-state index in [1.54, 1.807) is 23.1 Å². The van der Waals surface area contributed by atoms with Crippen LogP contribution >= 0.6 is 0 Å². The molecule has 1 aromatic heterocycles. The predicted octanol–water partition coefficient (Wildman–Crippen LogP) is 3.41. The molecule has 2 atom stereocenters. The fraction of sp³-hybridized carbons (Fsp3) is 0.360. The summed E-state index contributed by atoms with van der Waals surface area (Å²) in [5.41, 5.74) is 4.93. The number of aromatic amines is 1. The molecule has 1 fully saturated rings. The highest BCUT2D eigenvalue weighted by Gasteiger charge is 2.52. The highest BCUT2D eigenvalue weighted by Crippen LogP contribution is 2.44. The summed E-state index contributed by atoms with van der Waals surface area (Å²) in [6.45, 7) is 3.27. The Morgan fingerprint density at radius 3 is 2.72 bits per heavy atom. The molecule has 0 bridgehead atoms. The third-order valence-corrected chi connectivity index (χ3v) is 6.56. The van der Waals surface area contributed by atoms with Crippen LogP contribution in [0.15, 0.2) is 42.5 Å². The summed E-state index contributed by atoms with van der Waals surface area (Å²) >= 11 is 0. The van der Waals surface area contributed by atoms with Gasteiger partial charge in [-0.05, 0) is 69.4 Å². The van der Waals surface area contributed by atoms with Crippen LogP contribution in [-0.2, 0) is 11.2 Å². The normalized spacial score (nSPS) is 20.4. The summed E-state index contributed by atoms with van der Waals surface area (Å²) < 4.78 is 0. The molecule has 2 aliphatic rings. The number of hydrogen-bond acceptors (Lipinski definition) is 4. The van der Waals surface area contributed by atoms with Gasteiger partial charge in [0.05, 0.1) is 0 Å². The number of aromatic nitrogens is 1. The second kappa shape index (κ2) is 7.67. The van der Waals surface area contributed by atoms with Gasteiger partial charge in [0.15, 0.2) is 0 Å². The zero-order valence-corrected chi connectivity index (χ0v) is 18.6. The number of rotatable bonds is 5. The van der Waals surface area contributed by atoms with Crippen molar-refractivity contribution in [1.29, 1.82) is 0 Å². The van der Waals surface area contributed by atoms with Crippen LogP contribution in [0.4, 0.5) is 4.79 Å². The van der Waals surface area contributed by atoms with Crippen molar-refractivity contribution in [3.05, 3.63) is 64.8 Å². The number of urea groups is 1. The molecular formula is C25H28N4O3. The third-order valence-electron chi connectivity index (χ3n) is 6.56. The number of phenolic OH excluding ortho intramolecular Hbond substituents is 1. The van der Waals surface area contributed by atoms with Gasteiger partial charge in [0, 0.05) is 29.6 Å². The molecule has 2 aliphatic heterocycles. The zero-order valence-electron chi connectivity index (χ0n) is 18.6. The van der Waals surface area contributed by atoms with Crippen LogP contribution in [0.1, 0.15) is 34.8 Å². The van der Waals surface area contributed by atoms with E-state index >= 15 is 0 Å². The van der Waals surface area contributed by atoms with Crippen LogP contribution in [0.25, 0.3) is 10.9 Å². The second-order valence-electron chi connectivity index (χ2n) is 9.12. The van der Waals surface area contributed by atoms with E-state index in [9.17, 15) is 14.7 Å². The van der Waals surface area contributed by atoms with E-state index in [4.69, 9.17) is 0 Å². The number of nitrogens with one attached hydrogen (secondary N) is 1. The first-order valence-corrected chi connectivity index (χ1v) is 11.0. The monoisotopic (exact) mass is 432 g/mol. The number of carbonyl (C=O) groups excluding carboxylic acids is 2. The molecule has 2 unspecified atom stereocenters. The molecule has 5 rings (SSSR count). The largest absolute Gasteiger partial charge is 0.508 e. The molecule has 0 radical (unpaired) electrons. The van der Waals surface area contributed by atoms with Gasteiger partial charge in [-0.15, -0.1) is 0 Å². The number of aromatic hydroxyl groups is 1. The molecule has 3 aromatic rings. The van der Waals surface area contributed by atoms with Crippen molar-refractivity contribution in [2.75, 3.05) is 27.2 Å². The molecule has 0 aliphatic carbocycles. The fourth-order valence-corrected chi connectivity index (χ4v) is 5.08. The van der Waals surface area contributed by atoms with Gasteiger partial charge in [-0.1, -0.05) is 23.8 Å². The first-order chi connectivity index (χ1) is 15.3. The number of hydrogen-bond donors (Lipinski definition) is 2. The summed E-state index contributed by atoms with van der Waals surface area (Å²) in [5, 5.41) is 11.2. The van der Waals surface area contributed by atoms with E-state index in [0.717, 1.165) is 46.3 Å². The van der Waals surface area contributed by atoms with Crippen LogP contribution in [0.5, 0.6) is 5.75 Å². The Morgan fingerprint density at radius 1 is 1.16 bits per heavy atom. The van der Waals surface area contributed by atoms with E-state index in [1.807, 2.05) is 31.1 Å².